The van der Waals surface area contributed by atoms with Crippen LogP contribution in [0.3, 0.4) is 0 Å². The van der Waals surface area contributed by atoms with Crippen molar-refractivity contribution in [2.75, 3.05) is 6.54 Å². The fourth-order valence-electron chi connectivity index (χ4n) is 2.35. The van der Waals surface area contributed by atoms with Crippen molar-refractivity contribution in [2.24, 2.45) is 0 Å². The van der Waals surface area contributed by atoms with E-state index in [1.165, 1.54) is 5.56 Å². The standard InChI is InChI=1S/C17H19Cl2N/c1-2-20-17(13-6-4-3-5-7-13)11-8-14-12-15(18)9-10-16(14)19/h3-7,9-10,12,17,20H,2,8,11H2,1H3. The minimum Gasteiger partial charge on any atom is -0.310 e. The average molecular weight is 308 g/mol. The minimum atomic E-state index is 0.344. The maximum atomic E-state index is 6.22. The predicted octanol–water partition coefficient (Wildman–Crippen LogP) is 5.28. The van der Waals surface area contributed by atoms with E-state index in [-0.39, 0.29) is 0 Å². The first-order valence-corrected chi connectivity index (χ1v) is 7.68. The molecule has 0 bridgehead atoms. The van der Waals surface area contributed by atoms with Gasteiger partial charge >= 0.3 is 0 Å². The Hall–Kier alpha value is -1.02. The third-order valence-corrected chi connectivity index (χ3v) is 3.97. The summed E-state index contributed by atoms with van der Waals surface area (Å²) in [5.74, 6) is 0. The lowest BCUT2D eigenvalue weighted by molar-refractivity contribution is 0.515. The Bertz CT molecular complexity index is 540. The third kappa shape index (κ3) is 4.24. The van der Waals surface area contributed by atoms with E-state index in [0.717, 1.165) is 35.0 Å². The molecule has 0 heterocycles. The van der Waals surface area contributed by atoms with Gasteiger partial charge in [0.15, 0.2) is 0 Å². The van der Waals surface area contributed by atoms with E-state index in [4.69, 9.17) is 23.2 Å². The molecule has 2 rings (SSSR count). The van der Waals surface area contributed by atoms with Gasteiger partial charge in [-0.2, -0.15) is 0 Å². The van der Waals surface area contributed by atoms with Crippen molar-refractivity contribution in [1.29, 1.82) is 0 Å². The predicted molar refractivity (Wildman–Crippen MR) is 87.6 cm³/mol. The van der Waals surface area contributed by atoms with Crippen molar-refractivity contribution < 1.29 is 0 Å². The SMILES string of the molecule is CCNC(CCc1cc(Cl)ccc1Cl)c1ccccc1. The third-order valence-electron chi connectivity index (χ3n) is 3.36. The monoisotopic (exact) mass is 307 g/mol. The number of aryl methyl sites for hydroxylation is 1. The molecule has 2 aromatic rings. The first-order chi connectivity index (χ1) is 9.70. The summed E-state index contributed by atoms with van der Waals surface area (Å²) in [6.45, 7) is 3.07. The molecule has 0 aliphatic carbocycles. The molecule has 3 heteroatoms. The molecule has 0 aromatic heterocycles. The molecule has 0 radical (unpaired) electrons. The Morgan fingerprint density at radius 2 is 1.80 bits per heavy atom. The first kappa shape index (κ1) is 15.4. The Morgan fingerprint density at radius 1 is 1.05 bits per heavy atom. The van der Waals surface area contributed by atoms with Gasteiger partial charge in [-0.1, -0.05) is 60.5 Å². The van der Waals surface area contributed by atoms with Crippen LogP contribution in [0.5, 0.6) is 0 Å². The van der Waals surface area contributed by atoms with Crippen LogP contribution < -0.4 is 5.32 Å². The first-order valence-electron chi connectivity index (χ1n) is 6.93. The second kappa shape index (κ2) is 7.68. The van der Waals surface area contributed by atoms with Gasteiger partial charge in [0.1, 0.15) is 0 Å². The lowest BCUT2D eigenvalue weighted by Gasteiger charge is -2.18. The van der Waals surface area contributed by atoms with Crippen LogP contribution in [0.2, 0.25) is 10.0 Å². The van der Waals surface area contributed by atoms with Crippen LogP contribution in [-0.4, -0.2) is 6.54 Å². The molecule has 1 atom stereocenters. The van der Waals surface area contributed by atoms with Crippen molar-refractivity contribution in [2.45, 2.75) is 25.8 Å². The lowest BCUT2D eigenvalue weighted by atomic mass is 9.99. The molecule has 0 aliphatic rings. The van der Waals surface area contributed by atoms with E-state index in [2.05, 4.69) is 36.5 Å². The van der Waals surface area contributed by atoms with E-state index < -0.39 is 0 Å². The summed E-state index contributed by atoms with van der Waals surface area (Å²) in [7, 11) is 0. The van der Waals surface area contributed by atoms with Crippen LogP contribution in [0.25, 0.3) is 0 Å². The summed E-state index contributed by atoms with van der Waals surface area (Å²) in [4.78, 5) is 0. The molecule has 0 amide bonds. The highest BCUT2D eigenvalue weighted by Gasteiger charge is 2.11. The fourth-order valence-corrected chi connectivity index (χ4v) is 2.76. The quantitative estimate of drug-likeness (QED) is 0.766. The highest BCUT2D eigenvalue weighted by Crippen LogP contribution is 2.25. The molecule has 106 valence electrons. The summed E-state index contributed by atoms with van der Waals surface area (Å²) in [5.41, 5.74) is 2.42. The van der Waals surface area contributed by atoms with Gasteiger partial charge in [-0.3, -0.25) is 0 Å². The largest absolute Gasteiger partial charge is 0.310 e. The molecule has 0 saturated carbocycles. The zero-order chi connectivity index (χ0) is 14.4. The molecule has 0 aliphatic heterocycles. The number of benzene rings is 2. The molecule has 0 fully saturated rings. The van der Waals surface area contributed by atoms with Gasteiger partial charge in [0.25, 0.3) is 0 Å². The summed E-state index contributed by atoms with van der Waals surface area (Å²) < 4.78 is 0. The van der Waals surface area contributed by atoms with Gasteiger partial charge in [0.05, 0.1) is 0 Å². The molecular formula is C17H19Cl2N. The molecule has 20 heavy (non-hydrogen) atoms. The van der Waals surface area contributed by atoms with Crippen LogP contribution in [0.4, 0.5) is 0 Å². The lowest BCUT2D eigenvalue weighted by Crippen LogP contribution is -2.21. The maximum absolute atomic E-state index is 6.22. The van der Waals surface area contributed by atoms with Crippen LogP contribution in [0, 0.1) is 0 Å². The van der Waals surface area contributed by atoms with E-state index in [1.807, 2.05) is 24.3 Å². The highest BCUT2D eigenvalue weighted by molar-refractivity contribution is 6.33. The Balaban J connectivity index is 2.07. The summed E-state index contributed by atoms with van der Waals surface area (Å²) in [6, 6.07) is 16.5. The van der Waals surface area contributed by atoms with E-state index in [0.29, 0.717) is 6.04 Å². The number of hydrogen-bond acceptors (Lipinski definition) is 1. The van der Waals surface area contributed by atoms with E-state index in [1.54, 1.807) is 0 Å². The Morgan fingerprint density at radius 3 is 2.50 bits per heavy atom. The zero-order valence-electron chi connectivity index (χ0n) is 11.6. The number of halogens is 2. The molecule has 1 N–H and O–H groups in total. The Labute approximate surface area is 130 Å². The normalized spacial score (nSPS) is 12.3. The van der Waals surface area contributed by atoms with Crippen molar-refractivity contribution in [1.82, 2.24) is 5.32 Å². The van der Waals surface area contributed by atoms with Gasteiger partial charge in [-0.15, -0.1) is 0 Å². The van der Waals surface area contributed by atoms with E-state index in [9.17, 15) is 0 Å². The minimum absolute atomic E-state index is 0.344. The van der Waals surface area contributed by atoms with Gasteiger partial charge in [-0.05, 0) is 48.7 Å². The molecule has 1 nitrogen and oxygen atoms in total. The van der Waals surface area contributed by atoms with Gasteiger partial charge in [-0.25, -0.2) is 0 Å². The molecule has 1 unspecified atom stereocenters. The molecular weight excluding hydrogens is 289 g/mol. The molecule has 0 spiro atoms. The summed E-state index contributed by atoms with van der Waals surface area (Å²) in [5, 5.41) is 5.06. The summed E-state index contributed by atoms with van der Waals surface area (Å²) in [6.07, 6.45) is 1.91. The Kier molecular flexibility index (Phi) is 5.90. The molecule has 0 saturated heterocycles. The van der Waals surface area contributed by atoms with Crippen LogP contribution in [0.1, 0.15) is 30.5 Å². The van der Waals surface area contributed by atoms with E-state index >= 15 is 0 Å². The highest BCUT2D eigenvalue weighted by atomic mass is 35.5. The van der Waals surface area contributed by atoms with Crippen molar-refractivity contribution >= 4 is 23.2 Å². The molecule has 2 aromatic carbocycles. The number of rotatable bonds is 6. The van der Waals surface area contributed by atoms with Gasteiger partial charge < -0.3 is 5.32 Å². The van der Waals surface area contributed by atoms with Crippen LogP contribution >= 0.6 is 23.2 Å². The fraction of sp³-hybridized carbons (Fsp3) is 0.294. The summed E-state index contributed by atoms with van der Waals surface area (Å²) >= 11 is 12.3. The van der Waals surface area contributed by atoms with Crippen LogP contribution in [0.15, 0.2) is 48.5 Å². The van der Waals surface area contributed by atoms with Crippen molar-refractivity contribution in [3.63, 3.8) is 0 Å². The second-order valence-electron chi connectivity index (χ2n) is 4.80. The van der Waals surface area contributed by atoms with Gasteiger partial charge in [0, 0.05) is 16.1 Å². The van der Waals surface area contributed by atoms with Crippen LogP contribution in [-0.2, 0) is 6.42 Å². The topological polar surface area (TPSA) is 12.0 Å². The zero-order valence-corrected chi connectivity index (χ0v) is 13.1. The van der Waals surface area contributed by atoms with Crippen molar-refractivity contribution in [3.05, 3.63) is 69.7 Å². The smallest absolute Gasteiger partial charge is 0.0439 e. The number of hydrogen-bond donors (Lipinski definition) is 1. The average Bonchev–Trinajstić information content (AvgIpc) is 2.47. The second-order valence-corrected chi connectivity index (χ2v) is 5.64. The van der Waals surface area contributed by atoms with Gasteiger partial charge in [0.2, 0.25) is 0 Å². The van der Waals surface area contributed by atoms with Crippen molar-refractivity contribution in [3.8, 4) is 0 Å². The number of nitrogens with one attached hydrogen (secondary N) is 1. The maximum Gasteiger partial charge on any atom is 0.0439 e.